The van der Waals surface area contributed by atoms with Gasteiger partial charge < -0.3 is 5.11 Å². The second-order valence-electron chi connectivity index (χ2n) is 7.04. The van der Waals surface area contributed by atoms with Crippen LogP contribution in [0.1, 0.15) is 69.9 Å². The van der Waals surface area contributed by atoms with Gasteiger partial charge in [-0.05, 0) is 35.8 Å². The molecule has 110 valence electrons. The Hall–Kier alpha value is -1.31. The molecule has 0 amide bonds. The van der Waals surface area contributed by atoms with E-state index in [9.17, 15) is 4.79 Å². The maximum Gasteiger partial charge on any atom is 0.304 e. The lowest BCUT2D eigenvalue weighted by Crippen LogP contribution is -2.22. The third-order valence-corrected chi connectivity index (χ3v) is 4.75. The molecule has 1 aromatic carbocycles. The number of rotatable bonds is 4. The van der Waals surface area contributed by atoms with Crippen molar-refractivity contribution in [3.63, 3.8) is 0 Å². The molecule has 0 atom stereocenters. The third-order valence-electron chi connectivity index (χ3n) is 4.75. The van der Waals surface area contributed by atoms with Crippen LogP contribution in [0.15, 0.2) is 24.3 Å². The van der Waals surface area contributed by atoms with E-state index >= 15 is 0 Å². The third kappa shape index (κ3) is 3.62. The minimum Gasteiger partial charge on any atom is -0.481 e. The predicted molar refractivity (Wildman–Crippen MR) is 82.1 cm³/mol. The van der Waals surface area contributed by atoms with Gasteiger partial charge in [0.05, 0.1) is 6.42 Å². The molecular weight excluding hydrogens is 248 g/mol. The van der Waals surface area contributed by atoms with Gasteiger partial charge in [-0.25, -0.2) is 0 Å². The molecule has 2 nitrogen and oxygen atoms in total. The predicted octanol–water partition coefficient (Wildman–Crippen LogP) is 4.73. The molecule has 0 radical (unpaired) electrons. The Morgan fingerprint density at radius 3 is 2.50 bits per heavy atom. The highest BCUT2D eigenvalue weighted by molar-refractivity contribution is 5.68. The van der Waals surface area contributed by atoms with Gasteiger partial charge in [-0.15, -0.1) is 0 Å². The van der Waals surface area contributed by atoms with Gasteiger partial charge in [0.15, 0.2) is 0 Å². The average Bonchev–Trinajstić information content (AvgIpc) is 2.38. The second kappa shape index (κ2) is 5.99. The molecule has 1 fully saturated rings. The number of benzene rings is 1. The summed E-state index contributed by atoms with van der Waals surface area (Å²) in [6.07, 6.45) is 5.34. The lowest BCUT2D eigenvalue weighted by molar-refractivity contribution is -0.138. The van der Waals surface area contributed by atoms with E-state index in [1.807, 2.05) is 13.8 Å². The van der Waals surface area contributed by atoms with E-state index in [1.54, 1.807) is 0 Å². The van der Waals surface area contributed by atoms with Crippen LogP contribution in [0, 0.1) is 5.92 Å². The van der Waals surface area contributed by atoms with E-state index < -0.39 is 5.97 Å². The van der Waals surface area contributed by atoms with Gasteiger partial charge in [-0.3, -0.25) is 4.79 Å². The summed E-state index contributed by atoms with van der Waals surface area (Å²) in [5.41, 5.74) is 2.24. The van der Waals surface area contributed by atoms with E-state index in [2.05, 4.69) is 31.2 Å². The summed E-state index contributed by atoms with van der Waals surface area (Å²) in [7, 11) is 0. The van der Waals surface area contributed by atoms with E-state index in [4.69, 9.17) is 5.11 Å². The van der Waals surface area contributed by atoms with Crippen LogP contribution in [0.4, 0.5) is 0 Å². The van der Waals surface area contributed by atoms with Gasteiger partial charge >= 0.3 is 5.97 Å². The Balaban J connectivity index is 2.17. The first kappa shape index (κ1) is 15.1. The lowest BCUT2D eigenvalue weighted by Gasteiger charge is -2.29. The summed E-state index contributed by atoms with van der Waals surface area (Å²) in [6.45, 7) is 6.37. The molecular formula is C18H26O2. The summed E-state index contributed by atoms with van der Waals surface area (Å²) in [4.78, 5) is 11.0. The normalized spacial score (nSPS) is 23.6. The summed E-state index contributed by atoms with van der Waals surface area (Å²) < 4.78 is 0. The van der Waals surface area contributed by atoms with Crippen molar-refractivity contribution in [1.29, 1.82) is 0 Å². The summed E-state index contributed by atoms with van der Waals surface area (Å²) in [6, 6.07) is 8.61. The number of aliphatic carboxylic acids is 1. The molecule has 1 aromatic rings. The Kier molecular flexibility index (Phi) is 4.52. The summed E-state index contributed by atoms with van der Waals surface area (Å²) in [5.74, 6) is 0.788. The molecule has 2 heteroatoms. The van der Waals surface area contributed by atoms with Gasteiger partial charge in [0.1, 0.15) is 0 Å². The largest absolute Gasteiger partial charge is 0.481 e. The van der Waals surface area contributed by atoms with Gasteiger partial charge in [0, 0.05) is 5.41 Å². The van der Waals surface area contributed by atoms with Crippen LogP contribution in [0.2, 0.25) is 0 Å². The minimum atomic E-state index is -0.730. The lowest BCUT2D eigenvalue weighted by atomic mass is 9.76. The number of carboxylic acid groups (broad SMARTS) is 1. The van der Waals surface area contributed by atoms with Crippen molar-refractivity contribution in [3.8, 4) is 0 Å². The first-order valence-electron chi connectivity index (χ1n) is 7.71. The standard InChI is InChI=1S/C18H26O2/c1-13-7-9-14(10-8-13)15-5-4-6-16(11-15)18(2,3)12-17(19)20/h4-6,11,13-14H,7-10,12H2,1-3H3,(H,19,20). The Morgan fingerprint density at radius 1 is 1.25 bits per heavy atom. The maximum absolute atomic E-state index is 11.0. The highest BCUT2D eigenvalue weighted by Crippen LogP contribution is 2.37. The van der Waals surface area contributed by atoms with Crippen LogP contribution in [-0.4, -0.2) is 11.1 Å². The number of hydrogen-bond acceptors (Lipinski definition) is 1. The molecule has 20 heavy (non-hydrogen) atoms. The van der Waals surface area contributed by atoms with Gasteiger partial charge in [-0.2, -0.15) is 0 Å². The van der Waals surface area contributed by atoms with E-state index in [0.717, 1.165) is 11.5 Å². The summed E-state index contributed by atoms with van der Waals surface area (Å²) >= 11 is 0. The van der Waals surface area contributed by atoms with E-state index in [0.29, 0.717) is 5.92 Å². The first-order chi connectivity index (χ1) is 9.38. The number of carboxylic acids is 1. The van der Waals surface area contributed by atoms with Crippen LogP contribution < -0.4 is 0 Å². The van der Waals surface area contributed by atoms with Crippen LogP contribution in [0.25, 0.3) is 0 Å². The number of hydrogen-bond donors (Lipinski definition) is 1. The van der Waals surface area contributed by atoms with Crippen molar-refractivity contribution in [2.24, 2.45) is 5.92 Å². The Labute approximate surface area is 122 Å². The average molecular weight is 274 g/mol. The monoisotopic (exact) mass is 274 g/mol. The van der Waals surface area contributed by atoms with E-state index in [1.165, 1.54) is 31.2 Å². The smallest absolute Gasteiger partial charge is 0.304 e. The van der Waals surface area contributed by atoms with Gasteiger partial charge in [-0.1, -0.05) is 57.9 Å². The highest BCUT2D eigenvalue weighted by Gasteiger charge is 2.26. The van der Waals surface area contributed by atoms with Crippen molar-refractivity contribution in [1.82, 2.24) is 0 Å². The molecule has 0 spiro atoms. The van der Waals surface area contributed by atoms with Crippen LogP contribution >= 0.6 is 0 Å². The Bertz CT molecular complexity index is 468. The molecule has 0 saturated heterocycles. The van der Waals surface area contributed by atoms with Crippen molar-refractivity contribution in [3.05, 3.63) is 35.4 Å². The van der Waals surface area contributed by atoms with Crippen molar-refractivity contribution < 1.29 is 9.90 Å². The zero-order valence-electron chi connectivity index (χ0n) is 12.9. The zero-order valence-corrected chi connectivity index (χ0v) is 12.9. The topological polar surface area (TPSA) is 37.3 Å². The molecule has 2 rings (SSSR count). The van der Waals surface area contributed by atoms with E-state index in [-0.39, 0.29) is 11.8 Å². The molecule has 0 heterocycles. The molecule has 1 aliphatic carbocycles. The van der Waals surface area contributed by atoms with Crippen LogP contribution in [0.3, 0.4) is 0 Å². The molecule has 0 unspecified atom stereocenters. The fraction of sp³-hybridized carbons (Fsp3) is 0.611. The number of carbonyl (C=O) groups is 1. The molecule has 0 aromatic heterocycles. The fourth-order valence-corrected chi connectivity index (χ4v) is 3.29. The molecule has 0 aliphatic heterocycles. The first-order valence-corrected chi connectivity index (χ1v) is 7.71. The minimum absolute atomic E-state index is 0.179. The fourth-order valence-electron chi connectivity index (χ4n) is 3.29. The van der Waals surface area contributed by atoms with Crippen LogP contribution in [-0.2, 0) is 10.2 Å². The summed E-state index contributed by atoms with van der Waals surface area (Å²) in [5, 5.41) is 9.06. The Morgan fingerprint density at radius 2 is 1.90 bits per heavy atom. The van der Waals surface area contributed by atoms with Crippen molar-refractivity contribution in [2.75, 3.05) is 0 Å². The molecule has 0 bridgehead atoms. The highest BCUT2D eigenvalue weighted by atomic mass is 16.4. The molecule has 1 N–H and O–H groups in total. The maximum atomic E-state index is 11.0. The SMILES string of the molecule is CC1CCC(c2cccc(C(C)(C)CC(=O)O)c2)CC1. The van der Waals surface area contributed by atoms with Gasteiger partial charge in [0.2, 0.25) is 0 Å². The molecule has 1 saturated carbocycles. The molecule has 1 aliphatic rings. The zero-order chi connectivity index (χ0) is 14.8. The van der Waals surface area contributed by atoms with Crippen LogP contribution in [0.5, 0.6) is 0 Å². The van der Waals surface area contributed by atoms with Crippen molar-refractivity contribution >= 4 is 5.97 Å². The second-order valence-corrected chi connectivity index (χ2v) is 7.04. The quantitative estimate of drug-likeness (QED) is 0.861. The van der Waals surface area contributed by atoms with Crippen molar-refractivity contribution in [2.45, 2.75) is 64.2 Å². The van der Waals surface area contributed by atoms with Gasteiger partial charge in [0.25, 0.3) is 0 Å².